The first kappa shape index (κ1) is 12.4. The Hall–Kier alpha value is -1.69. The second kappa shape index (κ2) is 6.02. The summed E-state index contributed by atoms with van der Waals surface area (Å²) in [6, 6.07) is 0. The molecule has 1 rings (SSSR count). The number of aromatic carboxylic acids is 1. The van der Waals surface area contributed by atoms with Crippen LogP contribution < -0.4 is 5.32 Å². The van der Waals surface area contributed by atoms with Gasteiger partial charge in [0.15, 0.2) is 0 Å². The molecule has 0 atom stereocenters. The van der Waals surface area contributed by atoms with Crippen LogP contribution in [0.3, 0.4) is 0 Å². The molecule has 1 heterocycles. The average Bonchev–Trinajstić information content (AvgIpc) is 2.65. The Morgan fingerprint density at radius 2 is 2.38 bits per heavy atom. The Morgan fingerprint density at radius 3 is 2.94 bits per heavy atom. The molecule has 0 aliphatic heterocycles. The van der Waals surface area contributed by atoms with E-state index < -0.39 is 5.97 Å². The van der Waals surface area contributed by atoms with Crippen LogP contribution in [0.15, 0.2) is 12.3 Å². The van der Waals surface area contributed by atoms with Crippen molar-refractivity contribution >= 4 is 29.3 Å². The Kier molecular flexibility index (Phi) is 4.65. The van der Waals surface area contributed by atoms with Crippen molar-refractivity contribution < 1.29 is 14.7 Å². The zero-order valence-electron chi connectivity index (χ0n) is 8.77. The molecule has 0 radical (unpaired) electrons. The van der Waals surface area contributed by atoms with Gasteiger partial charge in [-0.1, -0.05) is 6.08 Å². The fourth-order valence-electron chi connectivity index (χ4n) is 0.979. The van der Waals surface area contributed by atoms with Gasteiger partial charge in [0.1, 0.15) is 9.88 Å². The summed E-state index contributed by atoms with van der Waals surface area (Å²) < 4.78 is 0. The number of hydrogen-bond acceptors (Lipinski definition) is 4. The molecule has 0 saturated carbocycles. The molecule has 0 saturated heterocycles. The predicted octanol–water partition coefficient (Wildman–Crippen LogP) is 1.38. The topological polar surface area (TPSA) is 79.3 Å². The molecule has 0 aromatic carbocycles. The third kappa shape index (κ3) is 4.22. The van der Waals surface area contributed by atoms with Crippen LogP contribution in [0.5, 0.6) is 0 Å². The molecule has 16 heavy (non-hydrogen) atoms. The number of amides is 1. The molecular formula is C10H12N2O3S. The molecule has 0 aliphatic rings. The second-order valence-corrected chi connectivity index (χ2v) is 4.10. The van der Waals surface area contributed by atoms with E-state index in [1.165, 1.54) is 13.1 Å². The maximum atomic E-state index is 10.6. The van der Waals surface area contributed by atoms with Crippen LogP contribution in [0.25, 0.3) is 6.08 Å². The molecule has 1 aromatic rings. The van der Waals surface area contributed by atoms with Crippen LogP contribution in [-0.2, 0) is 4.79 Å². The second-order valence-electron chi connectivity index (χ2n) is 3.04. The van der Waals surface area contributed by atoms with E-state index in [2.05, 4.69) is 10.3 Å². The van der Waals surface area contributed by atoms with E-state index >= 15 is 0 Å². The molecule has 5 nitrogen and oxygen atoms in total. The van der Waals surface area contributed by atoms with Crippen molar-refractivity contribution in [2.75, 3.05) is 6.54 Å². The number of rotatable bonds is 5. The number of carbonyl (C=O) groups excluding carboxylic acids is 1. The number of aromatic nitrogens is 1. The standard InChI is InChI=1S/C10H12N2O3S/c1-7(13)11-5-3-2-4-9-12-6-8(16-9)10(14)15/h2,4,6H,3,5H2,1H3,(H,11,13)(H,14,15). The van der Waals surface area contributed by atoms with Crippen molar-refractivity contribution in [3.63, 3.8) is 0 Å². The summed E-state index contributed by atoms with van der Waals surface area (Å²) in [5.41, 5.74) is 0. The zero-order valence-corrected chi connectivity index (χ0v) is 9.58. The summed E-state index contributed by atoms with van der Waals surface area (Å²) >= 11 is 1.12. The fraction of sp³-hybridized carbons (Fsp3) is 0.300. The number of thiazole rings is 1. The molecule has 0 bridgehead atoms. The Morgan fingerprint density at radius 1 is 1.62 bits per heavy atom. The first-order chi connectivity index (χ1) is 7.59. The minimum absolute atomic E-state index is 0.0594. The number of nitrogens with zero attached hydrogens (tertiary/aromatic N) is 1. The highest BCUT2D eigenvalue weighted by Gasteiger charge is 2.05. The van der Waals surface area contributed by atoms with E-state index in [0.29, 0.717) is 18.0 Å². The summed E-state index contributed by atoms with van der Waals surface area (Å²) in [7, 11) is 0. The molecule has 6 heteroatoms. The van der Waals surface area contributed by atoms with Crippen LogP contribution in [0.1, 0.15) is 28.0 Å². The van der Waals surface area contributed by atoms with Crippen LogP contribution in [0.4, 0.5) is 0 Å². The van der Waals surface area contributed by atoms with Crippen LogP contribution in [0.2, 0.25) is 0 Å². The monoisotopic (exact) mass is 240 g/mol. The maximum Gasteiger partial charge on any atom is 0.347 e. The normalized spacial score (nSPS) is 10.6. The third-order valence-electron chi connectivity index (χ3n) is 1.68. The van der Waals surface area contributed by atoms with E-state index in [1.807, 2.05) is 6.08 Å². The maximum absolute atomic E-state index is 10.6. The summed E-state index contributed by atoms with van der Waals surface area (Å²) in [6.45, 7) is 2.03. The smallest absolute Gasteiger partial charge is 0.347 e. The SMILES string of the molecule is CC(=O)NCCC=Cc1ncc(C(=O)O)s1. The van der Waals surface area contributed by atoms with Gasteiger partial charge < -0.3 is 10.4 Å². The molecule has 86 valence electrons. The number of carboxylic acids is 1. The molecule has 0 aliphatic carbocycles. The van der Waals surface area contributed by atoms with Gasteiger partial charge in [-0.2, -0.15) is 0 Å². The highest BCUT2D eigenvalue weighted by atomic mass is 32.1. The minimum Gasteiger partial charge on any atom is -0.477 e. The van der Waals surface area contributed by atoms with E-state index in [4.69, 9.17) is 5.11 Å². The van der Waals surface area contributed by atoms with E-state index in [-0.39, 0.29) is 10.8 Å². The molecule has 0 unspecified atom stereocenters. The Balaban J connectivity index is 2.38. The van der Waals surface area contributed by atoms with Gasteiger partial charge in [-0.3, -0.25) is 4.79 Å². The molecule has 0 fully saturated rings. The highest BCUT2D eigenvalue weighted by molar-refractivity contribution is 7.14. The average molecular weight is 240 g/mol. The minimum atomic E-state index is -0.963. The molecule has 2 N–H and O–H groups in total. The molecular weight excluding hydrogens is 228 g/mol. The van der Waals surface area contributed by atoms with Crippen LogP contribution >= 0.6 is 11.3 Å². The molecule has 1 aromatic heterocycles. The van der Waals surface area contributed by atoms with Gasteiger partial charge >= 0.3 is 5.97 Å². The summed E-state index contributed by atoms with van der Waals surface area (Å²) in [6.07, 6.45) is 5.63. The van der Waals surface area contributed by atoms with Gasteiger partial charge in [0.05, 0.1) is 6.20 Å². The largest absolute Gasteiger partial charge is 0.477 e. The van der Waals surface area contributed by atoms with Crippen molar-refractivity contribution in [3.05, 3.63) is 22.2 Å². The van der Waals surface area contributed by atoms with Gasteiger partial charge in [-0.05, 0) is 12.5 Å². The quantitative estimate of drug-likeness (QED) is 0.762. The number of hydrogen-bond donors (Lipinski definition) is 2. The summed E-state index contributed by atoms with van der Waals surface area (Å²) in [5.74, 6) is -1.02. The first-order valence-electron chi connectivity index (χ1n) is 4.69. The van der Waals surface area contributed by atoms with Gasteiger partial charge in [0, 0.05) is 13.5 Å². The van der Waals surface area contributed by atoms with Gasteiger partial charge in [0.25, 0.3) is 0 Å². The van der Waals surface area contributed by atoms with Gasteiger partial charge in [-0.25, -0.2) is 9.78 Å². The molecule has 0 spiro atoms. The zero-order chi connectivity index (χ0) is 12.0. The first-order valence-corrected chi connectivity index (χ1v) is 5.51. The predicted molar refractivity (Wildman–Crippen MR) is 61.4 cm³/mol. The van der Waals surface area contributed by atoms with Crippen molar-refractivity contribution in [1.82, 2.24) is 10.3 Å². The number of carbonyl (C=O) groups is 2. The van der Waals surface area contributed by atoms with Gasteiger partial charge in [-0.15, -0.1) is 11.3 Å². The lowest BCUT2D eigenvalue weighted by Gasteiger charge is -1.95. The number of carboxylic acid groups (broad SMARTS) is 1. The highest BCUT2D eigenvalue weighted by Crippen LogP contribution is 2.14. The summed E-state index contributed by atoms with van der Waals surface area (Å²) in [4.78, 5) is 25.3. The van der Waals surface area contributed by atoms with Crippen LogP contribution in [0, 0.1) is 0 Å². The van der Waals surface area contributed by atoms with Gasteiger partial charge in [0.2, 0.25) is 5.91 Å². The van der Waals surface area contributed by atoms with E-state index in [9.17, 15) is 9.59 Å². The Bertz CT molecular complexity index is 412. The van der Waals surface area contributed by atoms with Crippen molar-refractivity contribution in [3.8, 4) is 0 Å². The summed E-state index contributed by atoms with van der Waals surface area (Å²) in [5, 5.41) is 12.0. The third-order valence-corrected chi connectivity index (χ3v) is 2.63. The molecule has 1 amide bonds. The van der Waals surface area contributed by atoms with Crippen molar-refractivity contribution in [2.24, 2.45) is 0 Å². The lowest BCUT2D eigenvalue weighted by Crippen LogP contribution is -2.20. The van der Waals surface area contributed by atoms with Crippen LogP contribution in [-0.4, -0.2) is 28.5 Å². The van der Waals surface area contributed by atoms with E-state index in [0.717, 1.165) is 11.3 Å². The lowest BCUT2D eigenvalue weighted by molar-refractivity contribution is -0.118. The fourth-order valence-corrected chi connectivity index (χ4v) is 1.67. The van der Waals surface area contributed by atoms with E-state index in [1.54, 1.807) is 6.08 Å². The van der Waals surface area contributed by atoms with Crippen molar-refractivity contribution in [1.29, 1.82) is 0 Å². The lowest BCUT2D eigenvalue weighted by atomic mass is 10.4. The Labute approximate surface area is 96.8 Å². The number of nitrogens with one attached hydrogen (secondary N) is 1. The van der Waals surface area contributed by atoms with Crippen molar-refractivity contribution in [2.45, 2.75) is 13.3 Å².